The number of nitrogens with zero attached hydrogens (tertiary/aromatic N) is 1. The van der Waals surface area contributed by atoms with Gasteiger partial charge in [-0.3, -0.25) is 0 Å². The number of hydrogen-bond acceptors (Lipinski definition) is 2. The van der Waals surface area contributed by atoms with E-state index in [0.717, 1.165) is 17.7 Å². The van der Waals surface area contributed by atoms with Crippen LogP contribution in [0.5, 0.6) is 0 Å². The molecule has 1 atom stereocenters. The predicted octanol–water partition coefficient (Wildman–Crippen LogP) is 3.50. The van der Waals surface area contributed by atoms with Crippen molar-refractivity contribution >= 4 is 6.03 Å². The van der Waals surface area contributed by atoms with Gasteiger partial charge in [-0.25, -0.2) is 13.6 Å². The van der Waals surface area contributed by atoms with Gasteiger partial charge in [-0.05, 0) is 36.3 Å². The molecule has 0 radical (unpaired) electrons. The van der Waals surface area contributed by atoms with Crippen LogP contribution in [0.1, 0.15) is 17.5 Å². The van der Waals surface area contributed by atoms with Crippen LogP contribution in [0.25, 0.3) is 0 Å². The maximum absolute atomic E-state index is 13.7. The average Bonchev–Trinajstić information content (AvgIpc) is 2.69. The van der Waals surface area contributed by atoms with E-state index in [4.69, 9.17) is 0 Å². The lowest BCUT2D eigenvalue weighted by Gasteiger charge is -2.36. The second-order valence-corrected chi connectivity index (χ2v) is 7.42. The van der Waals surface area contributed by atoms with Crippen molar-refractivity contribution in [2.75, 3.05) is 19.6 Å². The van der Waals surface area contributed by atoms with Gasteiger partial charge in [0.1, 0.15) is 6.10 Å². The minimum Gasteiger partial charge on any atom is -0.387 e. The highest BCUT2D eigenvalue weighted by molar-refractivity contribution is 5.74. The molecule has 2 aromatic carbocycles. The van der Waals surface area contributed by atoms with E-state index in [-0.39, 0.29) is 18.9 Å². The summed E-state index contributed by atoms with van der Waals surface area (Å²) < 4.78 is 27.4. The van der Waals surface area contributed by atoms with Crippen molar-refractivity contribution in [1.29, 1.82) is 0 Å². The van der Waals surface area contributed by atoms with Crippen molar-refractivity contribution < 1.29 is 18.7 Å². The minimum absolute atomic E-state index is 0.113. The number of aliphatic hydroxyl groups excluding tert-OH is 1. The molecule has 2 N–H and O–H groups in total. The summed E-state index contributed by atoms with van der Waals surface area (Å²) in [7, 11) is 0. The zero-order chi connectivity index (χ0) is 20.0. The fourth-order valence-corrected chi connectivity index (χ4v) is 3.56. The zero-order valence-electron chi connectivity index (χ0n) is 15.7. The van der Waals surface area contributed by atoms with Crippen LogP contribution >= 0.6 is 0 Å². The largest absolute Gasteiger partial charge is 0.387 e. The molecular formula is C22H26F2N2O2. The molecule has 2 amide bonds. The Balaban J connectivity index is 1.61. The van der Waals surface area contributed by atoms with Crippen LogP contribution in [0.3, 0.4) is 0 Å². The molecule has 3 rings (SSSR count). The van der Waals surface area contributed by atoms with Gasteiger partial charge in [0.15, 0.2) is 0 Å². The van der Waals surface area contributed by atoms with Gasteiger partial charge in [-0.15, -0.1) is 0 Å². The van der Waals surface area contributed by atoms with E-state index in [9.17, 15) is 18.7 Å². The van der Waals surface area contributed by atoms with Gasteiger partial charge in [0.2, 0.25) is 0 Å². The van der Waals surface area contributed by atoms with E-state index >= 15 is 0 Å². The maximum atomic E-state index is 13.7. The van der Waals surface area contributed by atoms with Gasteiger partial charge in [0.25, 0.3) is 5.92 Å². The topological polar surface area (TPSA) is 52.6 Å². The number of amides is 2. The molecule has 1 fully saturated rings. The Kier molecular flexibility index (Phi) is 6.62. The van der Waals surface area contributed by atoms with Crippen LogP contribution in [0.4, 0.5) is 13.6 Å². The van der Waals surface area contributed by atoms with Crippen LogP contribution < -0.4 is 5.32 Å². The summed E-state index contributed by atoms with van der Waals surface area (Å²) in [4.78, 5) is 13.5. The summed E-state index contributed by atoms with van der Waals surface area (Å²) in [6, 6.07) is 19.5. The smallest absolute Gasteiger partial charge is 0.317 e. The Hall–Kier alpha value is -2.47. The number of urea groups is 1. The molecule has 150 valence electrons. The van der Waals surface area contributed by atoms with Gasteiger partial charge in [0.05, 0.1) is 6.54 Å². The summed E-state index contributed by atoms with van der Waals surface area (Å²) in [6.45, 7) is -0.222. The monoisotopic (exact) mass is 388 g/mol. The predicted molar refractivity (Wildman–Crippen MR) is 104 cm³/mol. The molecule has 28 heavy (non-hydrogen) atoms. The molecule has 0 aliphatic carbocycles. The number of likely N-dealkylation sites (tertiary alicyclic amines) is 1. The fraction of sp³-hybridized carbons (Fsp3) is 0.409. The highest BCUT2D eigenvalue weighted by Crippen LogP contribution is 2.27. The van der Waals surface area contributed by atoms with Gasteiger partial charge < -0.3 is 15.3 Å². The molecule has 0 spiro atoms. The Morgan fingerprint density at radius 3 is 2.11 bits per heavy atom. The molecule has 1 heterocycles. The van der Waals surface area contributed by atoms with Gasteiger partial charge >= 0.3 is 6.03 Å². The third kappa shape index (κ3) is 5.52. The summed E-state index contributed by atoms with van der Waals surface area (Å²) in [5, 5.41) is 12.2. The molecule has 2 aromatic rings. The first-order chi connectivity index (χ1) is 13.4. The Morgan fingerprint density at radius 1 is 1.07 bits per heavy atom. The lowest BCUT2D eigenvalue weighted by molar-refractivity contribution is -0.141. The lowest BCUT2D eigenvalue weighted by atomic mass is 9.92. The first kappa shape index (κ1) is 20.3. The molecule has 0 saturated carbocycles. The van der Waals surface area contributed by atoms with Crippen molar-refractivity contribution in [2.24, 2.45) is 5.92 Å². The normalized spacial score (nSPS) is 18.9. The molecule has 1 saturated heterocycles. The van der Waals surface area contributed by atoms with E-state index in [1.54, 1.807) is 0 Å². The molecular weight excluding hydrogens is 362 g/mol. The number of piperidine rings is 1. The highest BCUT2D eigenvalue weighted by atomic mass is 19.3. The average molecular weight is 388 g/mol. The van der Waals surface area contributed by atoms with Gasteiger partial charge in [0, 0.05) is 13.1 Å². The lowest BCUT2D eigenvalue weighted by Crippen LogP contribution is -2.56. The van der Waals surface area contributed by atoms with Gasteiger partial charge in [-0.1, -0.05) is 60.7 Å². The van der Waals surface area contributed by atoms with E-state index in [1.807, 2.05) is 60.7 Å². The third-order valence-corrected chi connectivity index (χ3v) is 5.13. The van der Waals surface area contributed by atoms with Crippen LogP contribution in [0, 0.1) is 5.92 Å². The number of aliphatic hydroxyl groups is 1. The Morgan fingerprint density at radius 2 is 1.61 bits per heavy atom. The van der Waals surface area contributed by atoms with Crippen molar-refractivity contribution in [3.8, 4) is 0 Å². The molecule has 4 nitrogen and oxygen atoms in total. The fourth-order valence-electron chi connectivity index (χ4n) is 3.56. The Bertz CT molecular complexity index is 714. The van der Waals surface area contributed by atoms with E-state index in [1.165, 1.54) is 11.1 Å². The van der Waals surface area contributed by atoms with E-state index < -0.39 is 24.6 Å². The second-order valence-electron chi connectivity index (χ2n) is 7.42. The summed E-state index contributed by atoms with van der Waals surface area (Å²) in [5.74, 6) is -3.12. The molecule has 0 bridgehead atoms. The molecule has 0 unspecified atom stereocenters. The standard InChI is InChI=1S/C22H26F2N2O2/c23-22(24)16-26(12-11-20(22)27)21(28)25-15-19(13-17-7-3-1-4-8-17)14-18-9-5-2-6-10-18/h1-10,19-20,27H,11-16H2,(H,25,28)/t20-/m0/s1. The van der Waals surface area contributed by atoms with Crippen LogP contribution in [0.2, 0.25) is 0 Å². The van der Waals surface area contributed by atoms with Crippen LogP contribution in [-0.2, 0) is 12.8 Å². The number of nitrogens with one attached hydrogen (secondary N) is 1. The molecule has 6 heteroatoms. The van der Waals surface area contributed by atoms with Gasteiger partial charge in [-0.2, -0.15) is 0 Å². The quantitative estimate of drug-likeness (QED) is 0.796. The summed E-state index contributed by atoms with van der Waals surface area (Å²) in [6.07, 6.45) is -0.228. The number of benzene rings is 2. The van der Waals surface area contributed by atoms with Crippen molar-refractivity contribution in [3.63, 3.8) is 0 Å². The maximum Gasteiger partial charge on any atom is 0.317 e. The highest BCUT2D eigenvalue weighted by Gasteiger charge is 2.45. The number of alkyl halides is 2. The molecule has 1 aliphatic rings. The van der Waals surface area contributed by atoms with Crippen molar-refractivity contribution in [1.82, 2.24) is 10.2 Å². The van der Waals surface area contributed by atoms with Crippen molar-refractivity contribution in [3.05, 3.63) is 71.8 Å². The SMILES string of the molecule is O=C(NCC(Cc1ccccc1)Cc1ccccc1)N1CC[C@H](O)C(F)(F)C1. The molecule has 0 aromatic heterocycles. The second kappa shape index (κ2) is 9.15. The first-order valence-electron chi connectivity index (χ1n) is 9.60. The Labute approximate surface area is 164 Å². The summed E-state index contributed by atoms with van der Waals surface area (Å²) in [5.41, 5.74) is 2.34. The van der Waals surface area contributed by atoms with Crippen LogP contribution in [-0.4, -0.2) is 47.7 Å². The number of hydrogen-bond donors (Lipinski definition) is 2. The number of rotatable bonds is 6. The first-order valence-corrected chi connectivity index (χ1v) is 9.60. The zero-order valence-corrected chi connectivity index (χ0v) is 15.7. The van der Waals surface area contributed by atoms with Crippen molar-refractivity contribution in [2.45, 2.75) is 31.3 Å². The third-order valence-electron chi connectivity index (χ3n) is 5.13. The van der Waals surface area contributed by atoms with Crippen LogP contribution in [0.15, 0.2) is 60.7 Å². The number of halogens is 2. The number of carbonyl (C=O) groups excluding carboxylic acids is 1. The number of carbonyl (C=O) groups is 1. The van der Waals surface area contributed by atoms with E-state index in [2.05, 4.69) is 5.32 Å². The summed E-state index contributed by atoms with van der Waals surface area (Å²) >= 11 is 0. The van der Waals surface area contributed by atoms with E-state index in [0.29, 0.717) is 6.54 Å². The minimum atomic E-state index is -3.26. The molecule has 1 aliphatic heterocycles.